The highest BCUT2D eigenvalue weighted by atomic mass is 16.5. The fraction of sp³-hybridized carbons (Fsp3) is 0.679. The van der Waals surface area contributed by atoms with Crippen molar-refractivity contribution in [1.82, 2.24) is 0 Å². The molecule has 0 radical (unpaired) electrons. The zero-order valence-corrected chi connectivity index (χ0v) is 19.6. The summed E-state index contributed by atoms with van der Waals surface area (Å²) in [6, 6.07) is 9.25. The zero-order chi connectivity index (χ0) is 22.7. The number of hydrogen-bond acceptors (Lipinski definition) is 4. The molecule has 4 nitrogen and oxygen atoms in total. The van der Waals surface area contributed by atoms with Gasteiger partial charge in [-0.3, -0.25) is 9.59 Å². The van der Waals surface area contributed by atoms with E-state index in [1.165, 1.54) is 0 Å². The van der Waals surface area contributed by atoms with Crippen molar-refractivity contribution in [2.24, 2.45) is 40.4 Å². The molecule has 3 unspecified atom stereocenters. The van der Waals surface area contributed by atoms with Gasteiger partial charge in [-0.2, -0.15) is 0 Å². The first-order valence-electron chi connectivity index (χ1n) is 12.5. The lowest BCUT2D eigenvalue weighted by molar-refractivity contribution is -0.161. The summed E-state index contributed by atoms with van der Waals surface area (Å²) >= 11 is 0. The molecule has 4 saturated carbocycles. The second-order valence-corrected chi connectivity index (χ2v) is 11.5. The molecule has 5 rings (SSSR count). The Hall–Kier alpha value is -1.97. The van der Waals surface area contributed by atoms with Crippen LogP contribution in [0, 0.1) is 40.4 Å². The smallest absolute Gasteiger partial charge is 0.338 e. The fourth-order valence-corrected chi connectivity index (χ4v) is 8.48. The predicted molar refractivity (Wildman–Crippen MR) is 122 cm³/mol. The molecule has 4 aliphatic rings. The number of rotatable bonds is 3. The highest BCUT2D eigenvalue weighted by molar-refractivity contribution is 5.93. The van der Waals surface area contributed by atoms with E-state index in [2.05, 4.69) is 13.8 Å². The van der Waals surface area contributed by atoms with E-state index in [9.17, 15) is 14.4 Å². The number of benzene rings is 1. The molecule has 4 aliphatic carbocycles. The number of esters is 1. The molecule has 32 heavy (non-hydrogen) atoms. The van der Waals surface area contributed by atoms with Crippen LogP contribution in [0.25, 0.3) is 0 Å². The third-order valence-corrected chi connectivity index (χ3v) is 10.3. The molecule has 0 spiro atoms. The van der Waals surface area contributed by atoms with E-state index in [-0.39, 0.29) is 29.2 Å². The molecule has 0 amide bonds. The van der Waals surface area contributed by atoms with E-state index in [1.54, 1.807) is 19.1 Å². The van der Waals surface area contributed by atoms with Gasteiger partial charge >= 0.3 is 5.97 Å². The van der Waals surface area contributed by atoms with Crippen LogP contribution in [0.1, 0.15) is 82.5 Å². The minimum absolute atomic E-state index is 0.0320. The van der Waals surface area contributed by atoms with Crippen molar-refractivity contribution in [3.8, 4) is 0 Å². The lowest BCUT2D eigenvalue weighted by atomic mass is 9.44. The van der Waals surface area contributed by atoms with Gasteiger partial charge in [0.25, 0.3) is 0 Å². The van der Waals surface area contributed by atoms with E-state index < -0.39 is 5.41 Å². The van der Waals surface area contributed by atoms with Gasteiger partial charge in [0.05, 0.1) is 5.56 Å². The zero-order valence-electron chi connectivity index (χ0n) is 19.6. The minimum Gasteiger partial charge on any atom is -0.459 e. The molecule has 0 aromatic heterocycles. The maximum absolute atomic E-state index is 13.5. The summed E-state index contributed by atoms with van der Waals surface area (Å²) in [6.45, 7) is 6.18. The highest BCUT2D eigenvalue weighted by Gasteiger charge is 2.64. The largest absolute Gasteiger partial charge is 0.459 e. The molecule has 0 saturated heterocycles. The molecule has 4 fully saturated rings. The summed E-state index contributed by atoms with van der Waals surface area (Å²) < 4.78 is 5.91. The first-order chi connectivity index (χ1) is 15.2. The van der Waals surface area contributed by atoms with Gasteiger partial charge in [-0.05, 0) is 93.1 Å². The summed E-state index contributed by atoms with van der Waals surface area (Å²) in [7, 11) is 0. The summed E-state index contributed by atoms with van der Waals surface area (Å²) in [5, 5.41) is 0. The summed E-state index contributed by atoms with van der Waals surface area (Å²) in [6.07, 6.45) is 7.57. The predicted octanol–water partition coefficient (Wildman–Crippen LogP) is 5.64. The van der Waals surface area contributed by atoms with Crippen LogP contribution < -0.4 is 0 Å². The Kier molecular flexibility index (Phi) is 5.34. The number of carbonyl (C=O) groups is 3. The molecule has 172 valence electrons. The second kappa shape index (κ2) is 7.81. The standard InChI is InChI=1S/C28H36O4/c1-17(29)22-11-12-23-21-10-9-19-15-20(32-26(31)18-7-5-4-6-8-18)13-14-27(19,2)24(21)16-25(30)28(22,23)3/h4-8,19-24H,9-16H2,1-3H3/t19-,20+,21?,22+,23?,24?,27-,28+/m0/s1. The third kappa shape index (κ3) is 3.20. The van der Waals surface area contributed by atoms with E-state index in [0.717, 1.165) is 44.9 Å². The van der Waals surface area contributed by atoms with Gasteiger partial charge in [-0.1, -0.05) is 32.0 Å². The highest BCUT2D eigenvalue weighted by Crippen LogP contribution is 2.66. The Morgan fingerprint density at radius 1 is 0.969 bits per heavy atom. The monoisotopic (exact) mass is 436 g/mol. The molecule has 1 aromatic carbocycles. The van der Waals surface area contributed by atoms with Crippen LogP contribution in [0.2, 0.25) is 0 Å². The van der Waals surface area contributed by atoms with Crippen LogP contribution in [0.15, 0.2) is 30.3 Å². The minimum atomic E-state index is -0.446. The third-order valence-electron chi connectivity index (χ3n) is 10.3. The number of carbonyl (C=O) groups excluding carboxylic acids is 3. The van der Waals surface area contributed by atoms with Gasteiger partial charge in [0.2, 0.25) is 0 Å². The van der Waals surface area contributed by atoms with Gasteiger partial charge < -0.3 is 4.74 Å². The van der Waals surface area contributed by atoms with Crippen molar-refractivity contribution in [2.75, 3.05) is 0 Å². The maximum Gasteiger partial charge on any atom is 0.338 e. The van der Waals surface area contributed by atoms with E-state index in [0.29, 0.717) is 41.4 Å². The Balaban J connectivity index is 1.32. The van der Waals surface area contributed by atoms with Crippen LogP contribution in [-0.4, -0.2) is 23.6 Å². The Bertz CT molecular complexity index is 923. The van der Waals surface area contributed by atoms with Crippen molar-refractivity contribution in [2.45, 2.75) is 78.2 Å². The maximum atomic E-state index is 13.5. The fourth-order valence-electron chi connectivity index (χ4n) is 8.48. The van der Waals surface area contributed by atoms with E-state index in [1.807, 2.05) is 18.2 Å². The number of fused-ring (bicyclic) bond motifs is 5. The van der Waals surface area contributed by atoms with Gasteiger partial charge in [-0.25, -0.2) is 4.79 Å². The van der Waals surface area contributed by atoms with E-state index in [4.69, 9.17) is 4.74 Å². The van der Waals surface area contributed by atoms with Crippen molar-refractivity contribution in [3.63, 3.8) is 0 Å². The van der Waals surface area contributed by atoms with Gasteiger partial charge in [-0.15, -0.1) is 0 Å². The van der Waals surface area contributed by atoms with Gasteiger partial charge in [0.1, 0.15) is 17.7 Å². The molecule has 0 N–H and O–H groups in total. The summed E-state index contributed by atoms with van der Waals surface area (Å²) in [4.78, 5) is 38.4. The Morgan fingerprint density at radius 3 is 2.44 bits per heavy atom. The van der Waals surface area contributed by atoms with Crippen LogP contribution in [-0.2, 0) is 14.3 Å². The van der Waals surface area contributed by atoms with Crippen molar-refractivity contribution >= 4 is 17.5 Å². The number of ether oxygens (including phenoxy) is 1. The van der Waals surface area contributed by atoms with Crippen molar-refractivity contribution in [1.29, 1.82) is 0 Å². The van der Waals surface area contributed by atoms with Gasteiger partial charge in [0.15, 0.2) is 0 Å². The van der Waals surface area contributed by atoms with Crippen LogP contribution in [0.4, 0.5) is 0 Å². The molecule has 0 aliphatic heterocycles. The first kappa shape index (κ1) is 21.9. The Morgan fingerprint density at radius 2 is 1.72 bits per heavy atom. The summed E-state index contributed by atoms with van der Waals surface area (Å²) in [5.74, 6) is 2.03. The number of ketones is 2. The topological polar surface area (TPSA) is 60.4 Å². The molecule has 0 bridgehead atoms. The quantitative estimate of drug-likeness (QED) is 0.576. The normalized spacial score (nSPS) is 43.0. The van der Waals surface area contributed by atoms with Crippen molar-refractivity contribution in [3.05, 3.63) is 35.9 Å². The number of hydrogen-bond donors (Lipinski definition) is 0. The molecule has 8 atom stereocenters. The molecule has 4 heteroatoms. The van der Waals surface area contributed by atoms with Crippen LogP contribution in [0.5, 0.6) is 0 Å². The number of Topliss-reactive ketones (excluding diaryl/α,β-unsaturated/α-hetero) is 2. The van der Waals surface area contributed by atoms with Crippen LogP contribution in [0.3, 0.4) is 0 Å². The second-order valence-electron chi connectivity index (χ2n) is 11.5. The van der Waals surface area contributed by atoms with E-state index >= 15 is 0 Å². The lowest BCUT2D eigenvalue weighted by Crippen LogP contribution is -2.57. The SMILES string of the molecule is CC(=O)[C@H]1CCC2C3CC[C@H]4C[C@H](OC(=O)c5ccccc5)CC[C@]4(C)C3CC(=O)[C@@]21C. The van der Waals surface area contributed by atoms with Gasteiger partial charge in [0, 0.05) is 17.8 Å². The molecule has 0 heterocycles. The molecular weight excluding hydrogens is 400 g/mol. The lowest BCUT2D eigenvalue weighted by Gasteiger charge is -2.60. The molecule has 1 aromatic rings. The summed E-state index contributed by atoms with van der Waals surface area (Å²) in [5.41, 5.74) is 0.297. The van der Waals surface area contributed by atoms with Crippen molar-refractivity contribution < 1.29 is 19.1 Å². The van der Waals surface area contributed by atoms with Crippen LogP contribution >= 0.6 is 0 Å². The average molecular weight is 437 g/mol. The first-order valence-corrected chi connectivity index (χ1v) is 12.5. The molecular formula is C28H36O4. The average Bonchev–Trinajstić information content (AvgIpc) is 3.14. The Labute approximate surface area is 191 Å².